The quantitative estimate of drug-likeness (QED) is 0.607. The minimum Gasteiger partial charge on any atom is -0.436 e. The SMILES string of the molecule is C[C@]1(CN2CCN(c3ccncc3)CC2)Cn2cc([N+](=O)[O-])nc2O1. The van der Waals surface area contributed by atoms with Crippen molar-refractivity contribution in [1.82, 2.24) is 19.4 Å². The van der Waals surface area contributed by atoms with Gasteiger partial charge in [0.15, 0.2) is 0 Å². The second kappa shape index (κ2) is 5.99. The minimum atomic E-state index is -0.496. The molecule has 1 atom stereocenters. The van der Waals surface area contributed by atoms with Crippen molar-refractivity contribution >= 4 is 11.5 Å². The zero-order valence-electron chi connectivity index (χ0n) is 14.0. The molecule has 2 aliphatic rings. The highest BCUT2D eigenvalue weighted by molar-refractivity contribution is 5.45. The van der Waals surface area contributed by atoms with Gasteiger partial charge in [-0.2, -0.15) is 0 Å². The lowest BCUT2D eigenvalue weighted by atomic mass is 10.1. The lowest BCUT2D eigenvalue weighted by Gasteiger charge is -2.38. The molecule has 9 nitrogen and oxygen atoms in total. The molecule has 4 heterocycles. The van der Waals surface area contributed by atoms with Gasteiger partial charge in [-0.1, -0.05) is 0 Å². The van der Waals surface area contributed by atoms with Crippen molar-refractivity contribution < 1.29 is 9.66 Å². The summed E-state index contributed by atoms with van der Waals surface area (Å²) in [6, 6.07) is 4.40. The first-order chi connectivity index (χ1) is 12.0. The number of hydrogen-bond donors (Lipinski definition) is 0. The number of anilines is 1. The zero-order chi connectivity index (χ0) is 17.4. The average molecular weight is 344 g/mol. The highest BCUT2D eigenvalue weighted by atomic mass is 16.6. The maximum atomic E-state index is 10.8. The van der Waals surface area contributed by atoms with Gasteiger partial charge in [0.1, 0.15) is 11.8 Å². The minimum absolute atomic E-state index is 0.164. The Kier molecular flexibility index (Phi) is 3.79. The van der Waals surface area contributed by atoms with Crippen LogP contribution in [0.1, 0.15) is 6.92 Å². The molecule has 2 aromatic rings. The lowest BCUT2D eigenvalue weighted by molar-refractivity contribution is -0.389. The fourth-order valence-electron chi connectivity index (χ4n) is 3.56. The van der Waals surface area contributed by atoms with Gasteiger partial charge >= 0.3 is 11.8 Å². The van der Waals surface area contributed by atoms with E-state index in [9.17, 15) is 10.1 Å². The van der Waals surface area contributed by atoms with Crippen LogP contribution in [0.2, 0.25) is 0 Å². The smallest absolute Gasteiger partial charge is 0.415 e. The Hall–Kier alpha value is -2.68. The number of imidazole rings is 1. The van der Waals surface area contributed by atoms with Gasteiger partial charge in [0.05, 0.1) is 6.54 Å². The van der Waals surface area contributed by atoms with Gasteiger partial charge in [-0.15, -0.1) is 0 Å². The average Bonchev–Trinajstić information content (AvgIpc) is 3.11. The molecular weight excluding hydrogens is 324 g/mol. The van der Waals surface area contributed by atoms with Crippen LogP contribution in [0, 0.1) is 10.1 Å². The Morgan fingerprint density at radius 2 is 2.00 bits per heavy atom. The van der Waals surface area contributed by atoms with Crippen molar-refractivity contribution in [3.63, 3.8) is 0 Å². The fourth-order valence-corrected chi connectivity index (χ4v) is 3.56. The molecule has 0 N–H and O–H groups in total. The molecule has 2 aliphatic heterocycles. The third-order valence-corrected chi connectivity index (χ3v) is 4.71. The summed E-state index contributed by atoms with van der Waals surface area (Å²) in [6.45, 7) is 7.19. The molecule has 0 radical (unpaired) electrons. The molecule has 0 spiro atoms. The molecule has 4 rings (SSSR count). The molecule has 9 heteroatoms. The molecule has 1 fully saturated rings. The van der Waals surface area contributed by atoms with Crippen molar-refractivity contribution in [3.8, 4) is 6.01 Å². The van der Waals surface area contributed by atoms with Gasteiger partial charge in [0, 0.05) is 55.8 Å². The Bertz CT molecular complexity index is 746. The van der Waals surface area contributed by atoms with E-state index < -0.39 is 10.5 Å². The molecule has 2 aromatic heterocycles. The maximum absolute atomic E-state index is 10.8. The van der Waals surface area contributed by atoms with Crippen LogP contribution in [0.15, 0.2) is 30.7 Å². The topological polar surface area (TPSA) is 89.6 Å². The van der Waals surface area contributed by atoms with Crippen molar-refractivity contribution in [1.29, 1.82) is 0 Å². The van der Waals surface area contributed by atoms with Gasteiger partial charge in [-0.05, 0) is 24.0 Å². The Labute approximate surface area is 145 Å². The van der Waals surface area contributed by atoms with E-state index in [1.807, 2.05) is 31.5 Å². The number of ether oxygens (including phenoxy) is 1. The number of fused-ring (bicyclic) bond motifs is 1. The van der Waals surface area contributed by atoms with Crippen LogP contribution in [0.3, 0.4) is 0 Å². The van der Waals surface area contributed by atoms with Gasteiger partial charge in [-0.25, -0.2) is 0 Å². The predicted molar refractivity (Wildman–Crippen MR) is 90.8 cm³/mol. The second-order valence-electron chi connectivity index (χ2n) is 6.79. The van der Waals surface area contributed by atoms with Crippen molar-refractivity contribution in [3.05, 3.63) is 40.8 Å². The number of hydrogen-bond acceptors (Lipinski definition) is 7. The van der Waals surface area contributed by atoms with Crippen molar-refractivity contribution in [2.75, 3.05) is 37.6 Å². The highest BCUT2D eigenvalue weighted by Gasteiger charge is 2.41. The zero-order valence-corrected chi connectivity index (χ0v) is 14.0. The summed E-state index contributed by atoms with van der Waals surface area (Å²) in [4.78, 5) is 23.0. The summed E-state index contributed by atoms with van der Waals surface area (Å²) in [5.74, 6) is -0.164. The first kappa shape index (κ1) is 15.8. The summed E-state index contributed by atoms with van der Waals surface area (Å²) < 4.78 is 7.65. The Morgan fingerprint density at radius 3 is 2.64 bits per heavy atom. The molecule has 132 valence electrons. The van der Waals surface area contributed by atoms with E-state index in [-0.39, 0.29) is 5.82 Å². The second-order valence-corrected chi connectivity index (χ2v) is 6.79. The van der Waals surface area contributed by atoms with Crippen LogP contribution in [0.4, 0.5) is 11.5 Å². The third kappa shape index (κ3) is 3.14. The number of nitro groups is 1. The van der Waals surface area contributed by atoms with Crippen molar-refractivity contribution in [2.24, 2.45) is 0 Å². The van der Waals surface area contributed by atoms with Gasteiger partial charge in [-0.3, -0.25) is 14.5 Å². The first-order valence-electron chi connectivity index (χ1n) is 8.30. The van der Waals surface area contributed by atoms with E-state index in [0.29, 0.717) is 12.6 Å². The van der Waals surface area contributed by atoms with Gasteiger partial charge in [0.2, 0.25) is 0 Å². The summed E-state index contributed by atoms with van der Waals surface area (Å²) in [5, 5.41) is 10.8. The molecule has 0 aliphatic carbocycles. The molecular formula is C16H20N6O3. The monoisotopic (exact) mass is 344 g/mol. The predicted octanol–water partition coefficient (Wildman–Crippen LogP) is 1.16. The summed E-state index contributed by atoms with van der Waals surface area (Å²) in [7, 11) is 0. The summed E-state index contributed by atoms with van der Waals surface area (Å²) in [5.41, 5.74) is 0.793. The number of piperazine rings is 1. The molecule has 0 aromatic carbocycles. The van der Waals surface area contributed by atoms with E-state index in [4.69, 9.17) is 4.74 Å². The number of nitrogens with zero attached hydrogens (tertiary/aromatic N) is 6. The molecule has 1 saturated heterocycles. The molecule has 0 unspecified atom stereocenters. The number of rotatable bonds is 4. The van der Waals surface area contributed by atoms with Crippen LogP contribution in [0.25, 0.3) is 0 Å². The third-order valence-electron chi connectivity index (χ3n) is 4.71. The molecule has 25 heavy (non-hydrogen) atoms. The highest BCUT2D eigenvalue weighted by Crippen LogP contribution is 2.31. The van der Waals surface area contributed by atoms with Crippen LogP contribution >= 0.6 is 0 Å². The van der Waals surface area contributed by atoms with Crippen molar-refractivity contribution in [2.45, 2.75) is 19.1 Å². The standard InChI is InChI=1S/C16H20N6O3/c1-16(12-21-10-14(22(23)24)18-15(21)25-16)11-19-6-8-20(9-7-19)13-2-4-17-5-3-13/h2-5,10H,6-9,11-12H2,1H3/t16-/m0/s1. The maximum Gasteiger partial charge on any atom is 0.415 e. The van der Waals surface area contributed by atoms with Crippen LogP contribution in [-0.2, 0) is 6.54 Å². The van der Waals surface area contributed by atoms with E-state index in [1.54, 1.807) is 4.57 Å². The summed E-state index contributed by atoms with van der Waals surface area (Å²) >= 11 is 0. The van der Waals surface area contributed by atoms with Gasteiger partial charge < -0.3 is 19.8 Å². The molecule has 0 amide bonds. The largest absolute Gasteiger partial charge is 0.436 e. The normalized spacial score (nSPS) is 23.3. The fraction of sp³-hybridized carbons (Fsp3) is 0.500. The Balaban J connectivity index is 1.34. The van der Waals surface area contributed by atoms with Gasteiger partial charge in [0.25, 0.3) is 0 Å². The van der Waals surface area contributed by atoms with E-state index >= 15 is 0 Å². The molecule has 0 saturated carbocycles. The summed E-state index contributed by atoms with van der Waals surface area (Å²) in [6.07, 6.45) is 5.08. The van der Waals surface area contributed by atoms with E-state index in [1.165, 1.54) is 11.9 Å². The van der Waals surface area contributed by atoms with Crippen LogP contribution in [0.5, 0.6) is 6.01 Å². The van der Waals surface area contributed by atoms with Crippen LogP contribution < -0.4 is 9.64 Å². The van der Waals surface area contributed by atoms with E-state index in [0.717, 1.165) is 32.7 Å². The number of aromatic nitrogens is 3. The number of pyridine rings is 1. The first-order valence-corrected chi connectivity index (χ1v) is 8.30. The van der Waals surface area contributed by atoms with Crippen LogP contribution in [-0.4, -0.2) is 62.7 Å². The van der Waals surface area contributed by atoms with E-state index in [2.05, 4.69) is 19.8 Å². The lowest BCUT2D eigenvalue weighted by Crippen LogP contribution is -2.52. The Morgan fingerprint density at radius 1 is 1.28 bits per heavy atom. The molecule has 0 bridgehead atoms.